The average molecular weight is 127 g/mol. The second-order valence-corrected chi connectivity index (χ2v) is 3.26. The lowest BCUT2D eigenvalue weighted by Crippen LogP contribution is -2.26. The van der Waals surface area contributed by atoms with Gasteiger partial charge in [0.1, 0.15) is 0 Å². The number of nitrogens with two attached hydrogens (primary N) is 1. The van der Waals surface area contributed by atoms with E-state index in [4.69, 9.17) is 5.73 Å². The summed E-state index contributed by atoms with van der Waals surface area (Å²) in [6.07, 6.45) is 6.85. The molecule has 1 nitrogen and oxygen atoms in total. The van der Waals surface area contributed by atoms with Gasteiger partial charge in [-0.1, -0.05) is 19.8 Å². The highest BCUT2D eigenvalue weighted by Gasteiger charge is 2.29. The quantitative estimate of drug-likeness (QED) is 0.602. The van der Waals surface area contributed by atoms with Crippen LogP contribution < -0.4 is 5.73 Å². The second kappa shape index (κ2) is 2.70. The fourth-order valence-corrected chi connectivity index (χ4v) is 1.83. The molecular formula is C8H17N. The molecule has 1 saturated carbocycles. The van der Waals surface area contributed by atoms with Crippen LogP contribution in [0.15, 0.2) is 0 Å². The lowest BCUT2D eigenvalue weighted by molar-refractivity contribution is 0.296. The molecule has 0 aromatic carbocycles. The smallest absolute Gasteiger partial charge is 0.00206 e. The number of hydrogen-bond donors (Lipinski definition) is 1. The molecule has 1 heteroatoms. The van der Waals surface area contributed by atoms with E-state index >= 15 is 0 Å². The van der Waals surface area contributed by atoms with Crippen LogP contribution in [0.3, 0.4) is 0 Å². The SMILES string of the molecule is CCC1(CN)CCCC1. The monoisotopic (exact) mass is 127 g/mol. The predicted molar refractivity (Wildman–Crippen MR) is 40.2 cm³/mol. The van der Waals surface area contributed by atoms with Crippen LogP contribution in [0.5, 0.6) is 0 Å². The van der Waals surface area contributed by atoms with E-state index in [1.165, 1.54) is 32.1 Å². The van der Waals surface area contributed by atoms with Crippen molar-refractivity contribution in [2.24, 2.45) is 11.1 Å². The summed E-state index contributed by atoms with van der Waals surface area (Å²) in [5.41, 5.74) is 6.23. The van der Waals surface area contributed by atoms with Crippen LogP contribution in [0.2, 0.25) is 0 Å². The van der Waals surface area contributed by atoms with Crippen LogP contribution in [-0.4, -0.2) is 6.54 Å². The molecule has 0 atom stereocenters. The standard InChI is InChI=1S/C8H17N/c1-2-8(7-9)5-3-4-6-8/h2-7,9H2,1H3. The van der Waals surface area contributed by atoms with Gasteiger partial charge < -0.3 is 5.73 Å². The van der Waals surface area contributed by atoms with E-state index in [0.717, 1.165) is 6.54 Å². The Morgan fingerprint density at radius 3 is 2.11 bits per heavy atom. The summed E-state index contributed by atoms with van der Waals surface area (Å²) < 4.78 is 0. The van der Waals surface area contributed by atoms with Gasteiger partial charge in [0.05, 0.1) is 0 Å². The Morgan fingerprint density at radius 2 is 1.89 bits per heavy atom. The molecule has 0 bridgehead atoms. The van der Waals surface area contributed by atoms with Gasteiger partial charge in [0.15, 0.2) is 0 Å². The van der Waals surface area contributed by atoms with Crippen molar-refractivity contribution in [3.63, 3.8) is 0 Å². The third-order valence-electron chi connectivity index (χ3n) is 2.85. The van der Waals surface area contributed by atoms with Crippen LogP contribution in [0.1, 0.15) is 39.0 Å². The lowest BCUT2D eigenvalue weighted by atomic mass is 9.84. The van der Waals surface area contributed by atoms with Gasteiger partial charge in [0.2, 0.25) is 0 Å². The van der Waals surface area contributed by atoms with Crippen molar-refractivity contribution in [1.82, 2.24) is 0 Å². The van der Waals surface area contributed by atoms with Crippen molar-refractivity contribution < 1.29 is 0 Å². The van der Waals surface area contributed by atoms with Gasteiger partial charge in [-0.15, -0.1) is 0 Å². The first-order valence-corrected chi connectivity index (χ1v) is 4.03. The van der Waals surface area contributed by atoms with Crippen LogP contribution in [-0.2, 0) is 0 Å². The Kier molecular flexibility index (Phi) is 2.12. The van der Waals surface area contributed by atoms with Gasteiger partial charge in [-0.05, 0) is 31.2 Å². The molecule has 0 aromatic rings. The topological polar surface area (TPSA) is 26.0 Å². The summed E-state index contributed by atoms with van der Waals surface area (Å²) in [4.78, 5) is 0. The normalized spacial score (nSPS) is 24.7. The number of hydrogen-bond acceptors (Lipinski definition) is 1. The summed E-state index contributed by atoms with van der Waals surface area (Å²) in [5, 5.41) is 0. The molecule has 1 aliphatic rings. The molecule has 54 valence electrons. The van der Waals surface area contributed by atoms with Crippen molar-refractivity contribution in [3.8, 4) is 0 Å². The molecule has 0 aromatic heterocycles. The first kappa shape index (κ1) is 7.07. The predicted octanol–water partition coefficient (Wildman–Crippen LogP) is 1.92. The molecule has 0 saturated heterocycles. The van der Waals surface area contributed by atoms with Crippen LogP contribution >= 0.6 is 0 Å². The Bertz CT molecular complexity index is 76.6. The van der Waals surface area contributed by atoms with Crippen LogP contribution in [0.25, 0.3) is 0 Å². The van der Waals surface area contributed by atoms with E-state index in [-0.39, 0.29) is 0 Å². The van der Waals surface area contributed by atoms with Crippen LogP contribution in [0, 0.1) is 5.41 Å². The average Bonchev–Trinajstić information content (AvgIpc) is 2.36. The molecule has 0 unspecified atom stereocenters. The van der Waals surface area contributed by atoms with Gasteiger partial charge in [0.25, 0.3) is 0 Å². The van der Waals surface area contributed by atoms with Gasteiger partial charge in [-0.25, -0.2) is 0 Å². The van der Waals surface area contributed by atoms with Crippen molar-refractivity contribution in [1.29, 1.82) is 0 Å². The maximum Gasteiger partial charge on any atom is -0.00206 e. The highest BCUT2D eigenvalue weighted by atomic mass is 14.6. The fraction of sp³-hybridized carbons (Fsp3) is 1.00. The minimum atomic E-state index is 0.556. The van der Waals surface area contributed by atoms with E-state index < -0.39 is 0 Å². The zero-order valence-electron chi connectivity index (χ0n) is 6.32. The third kappa shape index (κ3) is 1.26. The van der Waals surface area contributed by atoms with E-state index in [1.54, 1.807) is 0 Å². The molecule has 0 amide bonds. The number of rotatable bonds is 2. The van der Waals surface area contributed by atoms with E-state index in [2.05, 4.69) is 6.92 Å². The first-order valence-electron chi connectivity index (χ1n) is 4.03. The highest BCUT2D eigenvalue weighted by molar-refractivity contribution is 4.83. The summed E-state index contributed by atoms with van der Waals surface area (Å²) in [5.74, 6) is 0. The molecule has 0 spiro atoms. The van der Waals surface area contributed by atoms with E-state index in [1.807, 2.05) is 0 Å². The van der Waals surface area contributed by atoms with Crippen molar-refractivity contribution in [2.75, 3.05) is 6.54 Å². The molecule has 0 aliphatic heterocycles. The van der Waals surface area contributed by atoms with Gasteiger partial charge >= 0.3 is 0 Å². The lowest BCUT2D eigenvalue weighted by Gasteiger charge is -2.24. The Labute approximate surface area is 57.6 Å². The first-order chi connectivity index (χ1) is 4.33. The van der Waals surface area contributed by atoms with Gasteiger partial charge in [-0.2, -0.15) is 0 Å². The summed E-state index contributed by atoms with van der Waals surface area (Å²) in [6.45, 7) is 3.17. The maximum absolute atomic E-state index is 5.68. The molecule has 0 radical (unpaired) electrons. The Hall–Kier alpha value is -0.0400. The molecule has 1 aliphatic carbocycles. The van der Waals surface area contributed by atoms with E-state index in [9.17, 15) is 0 Å². The minimum Gasteiger partial charge on any atom is -0.330 e. The largest absolute Gasteiger partial charge is 0.330 e. The summed E-state index contributed by atoms with van der Waals surface area (Å²) >= 11 is 0. The molecular weight excluding hydrogens is 110 g/mol. The highest BCUT2D eigenvalue weighted by Crippen LogP contribution is 2.39. The Morgan fingerprint density at radius 1 is 1.33 bits per heavy atom. The fourth-order valence-electron chi connectivity index (χ4n) is 1.83. The molecule has 2 N–H and O–H groups in total. The van der Waals surface area contributed by atoms with Crippen molar-refractivity contribution in [2.45, 2.75) is 39.0 Å². The van der Waals surface area contributed by atoms with Crippen molar-refractivity contribution in [3.05, 3.63) is 0 Å². The summed E-state index contributed by atoms with van der Waals surface area (Å²) in [6, 6.07) is 0. The maximum atomic E-state index is 5.68. The minimum absolute atomic E-state index is 0.556. The van der Waals surface area contributed by atoms with Crippen molar-refractivity contribution >= 4 is 0 Å². The third-order valence-corrected chi connectivity index (χ3v) is 2.85. The van der Waals surface area contributed by atoms with Gasteiger partial charge in [0, 0.05) is 0 Å². The molecule has 9 heavy (non-hydrogen) atoms. The zero-order valence-corrected chi connectivity index (χ0v) is 6.32. The second-order valence-electron chi connectivity index (χ2n) is 3.26. The molecule has 1 fully saturated rings. The molecule has 1 rings (SSSR count). The Balaban J connectivity index is 2.45. The molecule has 0 heterocycles. The zero-order chi connectivity index (χ0) is 6.74. The van der Waals surface area contributed by atoms with Crippen LogP contribution in [0.4, 0.5) is 0 Å². The van der Waals surface area contributed by atoms with Gasteiger partial charge in [-0.3, -0.25) is 0 Å². The van der Waals surface area contributed by atoms with E-state index in [0.29, 0.717) is 5.41 Å². The summed E-state index contributed by atoms with van der Waals surface area (Å²) in [7, 11) is 0.